The molecule has 1 aliphatic carbocycles. The molecule has 0 bridgehead atoms. The summed E-state index contributed by atoms with van der Waals surface area (Å²) >= 11 is 0. The Hall–Kier alpha value is -4.11. The molecule has 0 radical (unpaired) electrons. The molecule has 1 spiro atoms. The Labute approximate surface area is 257 Å². The number of carboxylic acids is 1. The average Bonchev–Trinajstić information content (AvgIpc) is 3.42. The number of carboxylic acid groups (broad SMARTS) is 1. The predicted molar refractivity (Wildman–Crippen MR) is 149 cm³/mol. The molecule has 1 saturated carbocycles. The molecule has 4 aliphatic rings. The Morgan fingerprint density at radius 3 is 2.40 bits per heavy atom. The number of ketones is 1. The highest BCUT2D eigenvalue weighted by molar-refractivity contribution is 5.90. The van der Waals surface area contributed by atoms with Gasteiger partial charge in [-0.15, -0.1) is 0 Å². The van der Waals surface area contributed by atoms with Crippen LogP contribution in [0.15, 0.2) is 30.3 Å². The standard InChI is InChI=1S/C31H34O14/c1-39-18-6-5-17-23-27(44-28(17)29(18)40-2)16-4-3-15(11-19(16)45-31(23)9-7-14(32)8-10-31)42-30-26(38)25(37)24(36)20(43-30)13-41-22(35)12-21(33)34/h3-6,11,20,23-27,30,36-38H,7-10,12-13H2,1-2H3,(H,33,34)/t20-,23+,24-,25+,26-,27+,30-/m1/s1. The van der Waals surface area contributed by atoms with Crippen LogP contribution < -0.4 is 23.7 Å². The second-order valence-corrected chi connectivity index (χ2v) is 11.5. The summed E-state index contributed by atoms with van der Waals surface area (Å²) in [5, 5.41) is 40.2. The second-order valence-electron chi connectivity index (χ2n) is 11.5. The fourth-order valence-corrected chi connectivity index (χ4v) is 6.63. The minimum absolute atomic E-state index is 0.155. The fraction of sp³-hybridized carbons (Fsp3) is 0.516. The number of Topliss-reactive ketones (excluding diaryl/α,β-unsaturated/α-hetero) is 1. The molecule has 0 unspecified atom stereocenters. The summed E-state index contributed by atoms with van der Waals surface area (Å²) in [4.78, 5) is 34.7. The number of rotatable bonds is 8. The summed E-state index contributed by atoms with van der Waals surface area (Å²) in [6.45, 7) is -0.583. The zero-order chi connectivity index (χ0) is 32.0. The maximum absolute atomic E-state index is 12.3. The molecule has 2 aromatic rings. The van der Waals surface area contributed by atoms with Crippen LogP contribution >= 0.6 is 0 Å². The first-order chi connectivity index (χ1) is 21.5. The molecule has 1 saturated heterocycles. The fourth-order valence-electron chi connectivity index (χ4n) is 6.63. The van der Waals surface area contributed by atoms with Crippen molar-refractivity contribution in [2.75, 3.05) is 20.8 Å². The van der Waals surface area contributed by atoms with Gasteiger partial charge in [0.1, 0.15) is 66.4 Å². The molecule has 4 N–H and O–H groups in total. The zero-order valence-electron chi connectivity index (χ0n) is 24.5. The van der Waals surface area contributed by atoms with Crippen molar-refractivity contribution in [3.8, 4) is 28.7 Å². The number of hydrogen-bond donors (Lipinski definition) is 4. The molecule has 0 aromatic heterocycles. The molecule has 242 valence electrons. The van der Waals surface area contributed by atoms with Crippen molar-refractivity contribution in [2.45, 2.75) is 80.4 Å². The van der Waals surface area contributed by atoms with Gasteiger partial charge in [0.15, 0.2) is 11.5 Å². The topological polar surface area (TPSA) is 197 Å². The highest BCUT2D eigenvalue weighted by Crippen LogP contribution is 2.63. The molecular weight excluding hydrogens is 596 g/mol. The average molecular weight is 631 g/mol. The molecule has 3 aliphatic heterocycles. The molecule has 2 aromatic carbocycles. The Kier molecular flexibility index (Phi) is 8.24. The monoisotopic (exact) mass is 630 g/mol. The van der Waals surface area contributed by atoms with E-state index in [1.165, 1.54) is 7.11 Å². The van der Waals surface area contributed by atoms with Crippen molar-refractivity contribution in [3.63, 3.8) is 0 Å². The number of aliphatic carboxylic acids is 1. The van der Waals surface area contributed by atoms with Gasteiger partial charge in [0.25, 0.3) is 0 Å². The number of aliphatic hydroxyl groups is 3. The number of hydrogen-bond acceptors (Lipinski definition) is 13. The van der Waals surface area contributed by atoms with Crippen molar-refractivity contribution >= 4 is 17.7 Å². The lowest BCUT2D eigenvalue weighted by atomic mass is 9.68. The highest BCUT2D eigenvalue weighted by Gasteiger charge is 2.57. The van der Waals surface area contributed by atoms with Gasteiger partial charge < -0.3 is 53.6 Å². The van der Waals surface area contributed by atoms with Gasteiger partial charge in [0, 0.05) is 30.0 Å². The quantitative estimate of drug-likeness (QED) is 0.241. The van der Waals surface area contributed by atoms with Crippen LogP contribution in [0.2, 0.25) is 0 Å². The van der Waals surface area contributed by atoms with Crippen molar-refractivity contribution in [1.82, 2.24) is 0 Å². The second kappa shape index (κ2) is 12.0. The Balaban J connectivity index is 1.28. The Bertz CT molecular complexity index is 1480. The first-order valence-corrected chi connectivity index (χ1v) is 14.5. The minimum Gasteiger partial charge on any atom is -0.493 e. The lowest BCUT2D eigenvalue weighted by Gasteiger charge is -2.47. The number of carbonyl (C=O) groups excluding carboxylic acids is 2. The lowest BCUT2D eigenvalue weighted by Crippen LogP contribution is -2.60. The van der Waals surface area contributed by atoms with E-state index in [1.54, 1.807) is 25.3 Å². The number of carbonyl (C=O) groups is 3. The van der Waals surface area contributed by atoms with Crippen molar-refractivity contribution in [2.24, 2.45) is 0 Å². The summed E-state index contributed by atoms with van der Waals surface area (Å²) in [6.07, 6.45) is -7.62. The lowest BCUT2D eigenvalue weighted by molar-refractivity contribution is -0.278. The molecule has 7 atom stereocenters. The summed E-state index contributed by atoms with van der Waals surface area (Å²) in [5.41, 5.74) is 0.830. The van der Waals surface area contributed by atoms with Gasteiger partial charge >= 0.3 is 11.9 Å². The summed E-state index contributed by atoms with van der Waals surface area (Å²) in [6, 6.07) is 8.72. The van der Waals surface area contributed by atoms with E-state index in [0.29, 0.717) is 48.7 Å². The summed E-state index contributed by atoms with van der Waals surface area (Å²) in [5.74, 6) is -0.401. The van der Waals surface area contributed by atoms with Crippen LogP contribution in [0.1, 0.15) is 55.3 Å². The van der Waals surface area contributed by atoms with Crippen LogP contribution in [0.3, 0.4) is 0 Å². The number of methoxy groups -OCH3 is 2. The van der Waals surface area contributed by atoms with Gasteiger partial charge in [0.2, 0.25) is 12.0 Å². The van der Waals surface area contributed by atoms with Crippen LogP contribution in [0.5, 0.6) is 28.7 Å². The molecule has 45 heavy (non-hydrogen) atoms. The summed E-state index contributed by atoms with van der Waals surface area (Å²) in [7, 11) is 3.08. The van der Waals surface area contributed by atoms with E-state index < -0.39 is 67.4 Å². The van der Waals surface area contributed by atoms with Gasteiger partial charge in [-0.3, -0.25) is 14.4 Å². The van der Waals surface area contributed by atoms with E-state index in [2.05, 4.69) is 0 Å². The molecule has 0 amide bonds. The van der Waals surface area contributed by atoms with Crippen LogP contribution in [-0.4, -0.2) is 95.3 Å². The first-order valence-electron chi connectivity index (χ1n) is 14.5. The third kappa shape index (κ3) is 5.52. The van der Waals surface area contributed by atoms with Gasteiger partial charge in [-0.05, 0) is 31.0 Å². The molecule has 6 rings (SSSR count). The number of aliphatic hydroxyl groups excluding tert-OH is 3. The summed E-state index contributed by atoms with van der Waals surface area (Å²) < 4.78 is 40.8. The molecule has 3 heterocycles. The minimum atomic E-state index is -1.72. The largest absolute Gasteiger partial charge is 0.493 e. The van der Waals surface area contributed by atoms with E-state index in [0.717, 1.165) is 11.1 Å². The van der Waals surface area contributed by atoms with Crippen LogP contribution in [0.25, 0.3) is 0 Å². The van der Waals surface area contributed by atoms with Crippen LogP contribution in [0, 0.1) is 0 Å². The normalized spacial score (nSPS) is 29.4. The molecule has 14 nitrogen and oxygen atoms in total. The molecular formula is C31H34O14. The zero-order valence-corrected chi connectivity index (χ0v) is 24.5. The van der Waals surface area contributed by atoms with Crippen molar-refractivity contribution in [3.05, 3.63) is 41.5 Å². The van der Waals surface area contributed by atoms with Crippen LogP contribution in [-0.2, 0) is 23.9 Å². The first kappa shape index (κ1) is 30.9. The van der Waals surface area contributed by atoms with E-state index in [1.807, 2.05) is 12.1 Å². The SMILES string of the molecule is COc1ccc2c(c1OC)O[C@H]1c3ccc(O[C@@H]4O[C@H](COC(=O)CC(=O)O)[C@@H](O)[C@H](O)[C@H]4O)cc3OC3(CCC(=O)CC3)[C@@H]21. The maximum atomic E-state index is 12.3. The number of ether oxygens (including phenoxy) is 7. The van der Waals surface area contributed by atoms with Crippen molar-refractivity contribution in [1.29, 1.82) is 0 Å². The number of esters is 1. The van der Waals surface area contributed by atoms with Crippen LogP contribution in [0.4, 0.5) is 0 Å². The van der Waals surface area contributed by atoms with E-state index in [-0.39, 0.29) is 17.5 Å². The Morgan fingerprint density at radius 2 is 1.71 bits per heavy atom. The highest BCUT2D eigenvalue weighted by atomic mass is 16.7. The predicted octanol–water partition coefficient (Wildman–Crippen LogP) is 1.40. The van der Waals surface area contributed by atoms with Gasteiger partial charge in [0.05, 0.1) is 20.1 Å². The molecule has 2 fully saturated rings. The van der Waals surface area contributed by atoms with Gasteiger partial charge in [-0.2, -0.15) is 0 Å². The Morgan fingerprint density at radius 1 is 0.978 bits per heavy atom. The van der Waals surface area contributed by atoms with E-state index in [4.69, 9.17) is 38.3 Å². The van der Waals surface area contributed by atoms with Crippen molar-refractivity contribution < 1.29 is 68.0 Å². The smallest absolute Gasteiger partial charge is 0.317 e. The van der Waals surface area contributed by atoms with E-state index in [9.17, 15) is 29.7 Å². The van der Waals surface area contributed by atoms with E-state index >= 15 is 0 Å². The third-order valence-electron chi connectivity index (χ3n) is 8.86. The van der Waals surface area contributed by atoms with Gasteiger partial charge in [-0.25, -0.2) is 0 Å². The molecule has 14 heteroatoms. The number of benzene rings is 2. The maximum Gasteiger partial charge on any atom is 0.317 e. The third-order valence-corrected chi connectivity index (χ3v) is 8.86. The van der Waals surface area contributed by atoms with Gasteiger partial charge in [-0.1, -0.05) is 6.07 Å². The number of fused-ring (bicyclic) bond motifs is 6.